The summed E-state index contributed by atoms with van der Waals surface area (Å²) in [6.45, 7) is 1.85. The van der Waals surface area contributed by atoms with Crippen molar-refractivity contribution in [3.05, 3.63) is 22.1 Å². The van der Waals surface area contributed by atoms with Crippen LogP contribution in [0.4, 0.5) is 13.2 Å². The number of halogens is 3. The average Bonchev–Trinajstić information content (AvgIpc) is 2.25. The van der Waals surface area contributed by atoms with Gasteiger partial charge in [0.2, 0.25) is 0 Å². The number of alkyl halides is 3. The van der Waals surface area contributed by atoms with Crippen molar-refractivity contribution in [1.82, 2.24) is 9.97 Å². The molecule has 0 spiro atoms. The maximum Gasteiger partial charge on any atom is 0.401 e. The number of H-pyrrole nitrogens is 1. The van der Waals surface area contributed by atoms with Gasteiger partial charge in [0.1, 0.15) is 5.25 Å². The number of aromatic amines is 1. The van der Waals surface area contributed by atoms with Crippen molar-refractivity contribution in [3.63, 3.8) is 0 Å². The van der Waals surface area contributed by atoms with Gasteiger partial charge in [-0.1, -0.05) is 25.1 Å². The molecular weight excluding hydrogens is 297 g/mol. The lowest BCUT2D eigenvalue weighted by molar-refractivity contribution is -0.149. The minimum absolute atomic E-state index is 0.206. The zero-order valence-electron chi connectivity index (χ0n) is 10.5. The molecule has 0 saturated carbocycles. The monoisotopic (exact) mass is 310 g/mol. The molecule has 0 saturated heterocycles. The van der Waals surface area contributed by atoms with Gasteiger partial charge < -0.3 is 10.1 Å². The molecule has 1 atom stereocenters. The van der Waals surface area contributed by atoms with Crippen LogP contribution in [0.2, 0.25) is 0 Å². The van der Waals surface area contributed by atoms with Gasteiger partial charge in [-0.25, -0.2) is 4.98 Å². The van der Waals surface area contributed by atoms with Crippen molar-refractivity contribution in [1.29, 1.82) is 0 Å². The van der Waals surface area contributed by atoms with Crippen LogP contribution in [-0.2, 0) is 11.2 Å². The van der Waals surface area contributed by atoms with Crippen LogP contribution in [0.25, 0.3) is 0 Å². The summed E-state index contributed by atoms with van der Waals surface area (Å²) < 4.78 is 38.1. The first kappa shape index (κ1) is 16.5. The minimum atomic E-state index is -4.69. The molecule has 0 aliphatic rings. The van der Waals surface area contributed by atoms with Gasteiger partial charge in [-0.15, -0.1) is 0 Å². The Balaban J connectivity index is 2.98. The molecule has 112 valence electrons. The van der Waals surface area contributed by atoms with Crippen LogP contribution in [0.15, 0.2) is 16.0 Å². The Hall–Kier alpha value is -1.51. The standard InChI is InChI=1S/C11H13F3N2O3S/c1-2-3-6-4-8(17)16-10(15-6)20-7(5-9(18)19)11(12,13)14/h4,7H,2-3,5H2,1H3,(H,18,19)(H,15,16,17). The number of hydrogen-bond acceptors (Lipinski definition) is 4. The van der Waals surface area contributed by atoms with Crippen LogP contribution >= 0.6 is 11.8 Å². The summed E-state index contributed by atoms with van der Waals surface area (Å²) in [5.41, 5.74) is -0.169. The van der Waals surface area contributed by atoms with E-state index in [1.807, 2.05) is 6.92 Å². The molecule has 1 unspecified atom stereocenters. The van der Waals surface area contributed by atoms with Crippen molar-refractivity contribution in [2.45, 2.75) is 42.8 Å². The van der Waals surface area contributed by atoms with Crippen molar-refractivity contribution in [3.8, 4) is 0 Å². The molecule has 5 nitrogen and oxygen atoms in total. The number of nitrogens with zero attached hydrogens (tertiary/aromatic N) is 1. The van der Waals surface area contributed by atoms with Crippen LogP contribution in [0, 0.1) is 0 Å². The van der Waals surface area contributed by atoms with Gasteiger partial charge in [-0.2, -0.15) is 13.2 Å². The lowest BCUT2D eigenvalue weighted by Gasteiger charge is -2.17. The molecule has 0 aliphatic carbocycles. The number of carboxylic acids is 1. The van der Waals surface area contributed by atoms with Crippen LogP contribution in [0.5, 0.6) is 0 Å². The van der Waals surface area contributed by atoms with Gasteiger partial charge in [-0.3, -0.25) is 9.59 Å². The van der Waals surface area contributed by atoms with Gasteiger partial charge in [0.15, 0.2) is 5.16 Å². The Bertz CT molecular complexity index is 530. The number of aromatic nitrogens is 2. The first-order valence-corrected chi connectivity index (χ1v) is 6.65. The van der Waals surface area contributed by atoms with Gasteiger partial charge in [-0.05, 0) is 6.42 Å². The molecule has 0 bridgehead atoms. The number of carboxylic acid groups (broad SMARTS) is 1. The predicted molar refractivity (Wildman–Crippen MR) is 66.8 cm³/mol. The second-order valence-corrected chi connectivity index (χ2v) is 5.23. The fourth-order valence-corrected chi connectivity index (χ4v) is 2.40. The number of aliphatic carboxylic acids is 1. The lowest BCUT2D eigenvalue weighted by atomic mass is 10.2. The summed E-state index contributed by atoms with van der Waals surface area (Å²) in [6, 6.07) is 1.22. The molecule has 0 fully saturated rings. The van der Waals surface area contributed by atoms with E-state index in [2.05, 4.69) is 9.97 Å². The van der Waals surface area contributed by atoms with Crippen LogP contribution < -0.4 is 5.56 Å². The lowest BCUT2D eigenvalue weighted by Crippen LogP contribution is -2.29. The average molecular weight is 310 g/mol. The summed E-state index contributed by atoms with van der Waals surface area (Å²) in [5.74, 6) is -1.56. The molecule has 20 heavy (non-hydrogen) atoms. The van der Waals surface area contributed by atoms with E-state index in [1.54, 1.807) is 0 Å². The Morgan fingerprint density at radius 3 is 2.70 bits per heavy atom. The molecule has 1 heterocycles. The Labute approximate surface area is 116 Å². The third kappa shape index (κ3) is 5.24. The largest absolute Gasteiger partial charge is 0.481 e. The molecule has 2 N–H and O–H groups in total. The third-order valence-electron chi connectivity index (χ3n) is 2.26. The number of aryl methyl sites for hydroxylation is 1. The topological polar surface area (TPSA) is 83.0 Å². The third-order valence-corrected chi connectivity index (χ3v) is 3.39. The Kier molecular flexibility index (Phi) is 5.61. The first-order valence-electron chi connectivity index (χ1n) is 5.77. The van der Waals surface area contributed by atoms with Gasteiger partial charge >= 0.3 is 12.1 Å². The quantitative estimate of drug-likeness (QED) is 0.622. The SMILES string of the molecule is CCCc1cc(=O)[nH]c(SC(CC(=O)O)C(F)(F)F)n1. The zero-order chi connectivity index (χ0) is 15.3. The smallest absolute Gasteiger partial charge is 0.401 e. The Morgan fingerprint density at radius 2 is 2.20 bits per heavy atom. The summed E-state index contributed by atoms with van der Waals surface area (Å²) in [6.07, 6.45) is -4.62. The van der Waals surface area contributed by atoms with Gasteiger partial charge in [0.25, 0.3) is 5.56 Å². The molecule has 1 rings (SSSR count). The summed E-state index contributed by atoms with van der Waals surface area (Å²) in [7, 11) is 0. The van der Waals surface area contributed by atoms with E-state index in [0.29, 0.717) is 18.5 Å². The summed E-state index contributed by atoms with van der Waals surface area (Å²) in [5, 5.41) is 6.14. The van der Waals surface area contributed by atoms with Crippen molar-refractivity contribution in [2.75, 3.05) is 0 Å². The van der Waals surface area contributed by atoms with Crippen LogP contribution in [0.1, 0.15) is 25.5 Å². The van der Waals surface area contributed by atoms with Gasteiger partial charge in [0.05, 0.1) is 6.42 Å². The van der Waals surface area contributed by atoms with Crippen LogP contribution in [0.3, 0.4) is 0 Å². The second-order valence-electron chi connectivity index (χ2n) is 4.04. The fraction of sp³-hybridized carbons (Fsp3) is 0.545. The van der Waals surface area contributed by atoms with Gasteiger partial charge in [0, 0.05) is 11.8 Å². The van der Waals surface area contributed by atoms with Crippen molar-refractivity contribution >= 4 is 17.7 Å². The molecule has 0 radical (unpaired) electrons. The predicted octanol–water partition coefficient (Wildman–Crippen LogP) is 2.22. The van der Waals surface area contributed by atoms with E-state index in [0.717, 1.165) is 0 Å². The van der Waals surface area contributed by atoms with E-state index >= 15 is 0 Å². The molecule has 0 aliphatic heterocycles. The maximum absolute atomic E-state index is 12.7. The van der Waals surface area contributed by atoms with E-state index in [4.69, 9.17) is 5.11 Å². The zero-order valence-corrected chi connectivity index (χ0v) is 11.3. The second kappa shape index (κ2) is 6.78. The highest BCUT2D eigenvalue weighted by molar-refractivity contribution is 7.99. The first-order chi connectivity index (χ1) is 9.22. The summed E-state index contributed by atoms with van der Waals surface area (Å²) in [4.78, 5) is 27.9. The van der Waals surface area contributed by atoms with E-state index in [-0.39, 0.29) is 16.9 Å². The molecule has 1 aromatic rings. The van der Waals surface area contributed by atoms with Crippen molar-refractivity contribution < 1.29 is 23.1 Å². The van der Waals surface area contributed by atoms with E-state index < -0.39 is 29.4 Å². The highest BCUT2D eigenvalue weighted by Gasteiger charge is 2.42. The molecule has 0 aromatic carbocycles. The molecule has 0 amide bonds. The maximum atomic E-state index is 12.7. The molecule has 1 aromatic heterocycles. The number of hydrogen-bond donors (Lipinski definition) is 2. The van der Waals surface area contributed by atoms with E-state index in [9.17, 15) is 22.8 Å². The summed E-state index contributed by atoms with van der Waals surface area (Å²) >= 11 is 0.206. The Morgan fingerprint density at radius 1 is 1.55 bits per heavy atom. The number of thioether (sulfide) groups is 1. The molecule has 9 heteroatoms. The number of carbonyl (C=O) groups is 1. The van der Waals surface area contributed by atoms with Crippen molar-refractivity contribution in [2.24, 2.45) is 0 Å². The van der Waals surface area contributed by atoms with E-state index in [1.165, 1.54) is 6.07 Å². The number of nitrogens with one attached hydrogen (secondary N) is 1. The molecular formula is C11H13F3N2O3S. The number of rotatable bonds is 6. The highest BCUT2D eigenvalue weighted by Crippen LogP contribution is 2.35. The minimum Gasteiger partial charge on any atom is -0.481 e. The normalized spacial score (nSPS) is 13.2. The van der Waals surface area contributed by atoms with Crippen LogP contribution in [-0.4, -0.2) is 32.5 Å². The fourth-order valence-electron chi connectivity index (χ4n) is 1.44. The highest BCUT2D eigenvalue weighted by atomic mass is 32.2.